The van der Waals surface area contributed by atoms with Gasteiger partial charge < -0.3 is 5.32 Å². The van der Waals surface area contributed by atoms with Gasteiger partial charge in [-0.3, -0.25) is 0 Å². The first kappa shape index (κ1) is 14.8. The van der Waals surface area contributed by atoms with Crippen LogP contribution >= 0.6 is 23.2 Å². The van der Waals surface area contributed by atoms with E-state index >= 15 is 0 Å². The minimum atomic E-state index is 0.0293. The zero-order valence-corrected chi connectivity index (χ0v) is 12.7. The molecule has 96 valence electrons. The highest BCUT2D eigenvalue weighted by atomic mass is 35.5. The van der Waals surface area contributed by atoms with Crippen LogP contribution in [0, 0.1) is 0 Å². The highest BCUT2D eigenvalue weighted by Gasteiger charge is 2.23. The van der Waals surface area contributed by atoms with Crippen LogP contribution in [0.5, 0.6) is 0 Å². The lowest BCUT2D eigenvalue weighted by molar-refractivity contribution is 0.363. The first-order valence-electron chi connectivity index (χ1n) is 5.82. The number of benzene rings is 1. The fraction of sp³-hybridized carbons (Fsp3) is 0.571. The SMILES string of the molecule is CC(C)(C)NCC(C)(C)c1ccc(Cl)c(Cl)c1. The van der Waals surface area contributed by atoms with Crippen molar-refractivity contribution in [2.45, 2.75) is 45.6 Å². The van der Waals surface area contributed by atoms with Crippen LogP contribution in [-0.2, 0) is 5.41 Å². The van der Waals surface area contributed by atoms with E-state index in [-0.39, 0.29) is 11.0 Å². The normalized spacial score (nSPS) is 12.9. The molecule has 0 atom stereocenters. The summed E-state index contributed by atoms with van der Waals surface area (Å²) in [6.45, 7) is 11.8. The summed E-state index contributed by atoms with van der Waals surface area (Å²) in [5, 5.41) is 4.74. The summed E-state index contributed by atoms with van der Waals surface area (Å²) in [6.07, 6.45) is 0. The molecule has 0 aromatic heterocycles. The minimum absolute atomic E-state index is 0.0293. The molecule has 0 radical (unpaired) electrons. The predicted octanol–water partition coefficient (Wildman–Crippen LogP) is 4.66. The van der Waals surface area contributed by atoms with Gasteiger partial charge in [0, 0.05) is 17.5 Å². The molecular formula is C14H21Cl2N. The second-order valence-electron chi connectivity index (χ2n) is 6.12. The average Bonchev–Trinajstić information content (AvgIpc) is 2.18. The second-order valence-corrected chi connectivity index (χ2v) is 6.93. The Morgan fingerprint density at radius 3 is 2.06 bits per heavy atom. The van der Waals surface area contributed by atoms with Crippen LogP contribution in [-0.4, -0.2) is 12.1 Å². The van der Waals surface area contributed by atoms with E-state index in [1.165, 1.54) is 5.56 Å². The van der Waals surface area contributed by atoms with Crippen molar-refractivity contribution >= 4 is 23.2 Å². The Balaban J connectivity index is 2.85. The van der Waals surface area contributed by atoms with Crippen molar-refractivity contribution < 1.29 is 0 Å². The van der Waals surface area contributed by atoms with Crippen molar-refractivity contribution in [3.05, 3.63) is 33.8 Å². The van der Waals surface area contributed by atoms with E-state index in [1.54, 1.807) is 0 Å². The Labute approximate surface area is 115 Å². The van der Waals surface area contributed by atoms with Gasteiger partial charge >= 0.3 is 0 Å². The quantitative estimate of drug-likeness (QED) is 0.845. The Kier molecular flexibility index (Phi) is 4.51. The van der Waals surface area contributed by atoms with Crippen molar-refractivity contribution in [2.24, 2.45) is 0 Å². The van der Waals surface area contributed by atoms with Gasteiger partial charge in [-0.15, -0.1) is 0 Å². The van der Waals surface area contributed by atoms with Crippen molar-refractivity contribution in [1.82, 2.24) is 5.32 Å². The maximum atomic E-state index is 6.06. The molecule has 0 saturated heterocycles. The first-order chi connectivity index (χ1) is 7.62. The summed E-state index contributed by atoms with van der Waals surface area (Å²) < 4.78 is 0. The van der Waals surface area contributed by atoms with Crippen molar-refractivity contribution in [3.8, 4) is 0 Å². The molecule has 1 aromatic rings. The van der Waals surface area contributed by atoms with Crippen LogP contribution in [0.4, 0.5) is 0 Å². The van der Waals surface area contributed by atoms with Crippen LogP contribution in [0.15, 0.2) is 18.2 Å². The number of rotatable bonds is 3. The molecule has 0 fully saturated rings. The zero-order valence-electron chi connectivity index (χ0n) is 11.2. The lowest BCUT2D eigenvalue weighted by Gasteiger charge is -2.31. The molecule has 0 unspecified atom stereocenters. The van der Waals surface area contributed by atoms with Gasteiger partial charge in [-0.1, -0.05) is 43.1 Å². The highest BCUT2D eigenvalue weighted by molar-refractivity contribution is 6.42. The molecule has 0 spiro atoms. The molecule has 3 heteroatoms. The summed E-state index contributed by atoms with van der Waals surface area (Å²) in [7, 11) is 0. The number of halogens is 2. The van der Waals surface area contributed by atoms with Crippen LogP contribution in [0.1, 0.15) is 40.2 Å². The zero-order chi connectivity index (χ0) is 13.3. The van der Waals surface area contributed by atoms with Gasteiger partial charge in [0.25, 0.3) is 0 Å². The fourth-order valence-corrected chi connectivity index (χ4v) is 1.80. The number of hydrogen-bond acceptors (Lipinski definition) is 1. The Morgan fingerprint density at radius 1 is 1.00 bits per heavy atom. The largest absolute Gasteiger partial charge is 0.311 e. The molecule has 1 nitrogen and oxygen atoms in total. The smallest absolute Gasteiger partial charge is 0.0595 e. The Hall–Kier alpha value is -0.240. The van der Waals surface area contributed by atoms with E-state index < -0.39 is 0 Å². The lowest BCUT2D eigenvalue weighted by Crippen LogP contribution is -2.43. The number of hydrogen-bond donors (Lipinski definition) is 1. The summed E-state index contributed by atoms with van der Waals surface area (Å²) in [6, 6.07) is 5.85. The fourth-order valence-electron chi connectivity index (χ4n) is 1.51. The van der Waals surface area contributed by atoms with Gasteiger partial charge in [-0.2, -0.15) is 0 Å². The molecule has 0 aliphatic rings. The molecule has 1 rings (SSSR count). The minimum Gasteiger partial charge on any atom is -0.311 e. The molecule has 17 heavy (non-hydrogen) atoms. The van der Waals surface area contributed by atoms with Gasteiger partial charge in [0.15, 0.2) is 0 Å². The summed E-state index contributed by atoms with van der Waals surface area (Å²) in [4.78, 5) is 0. The Bertz CT molecular complexity index is 392. The third-order valence-electron chi connectivity index (χ3n) is 2.76. The van der Waals surface area contributed by atoms with Crippen molar-refractivity contribution in [3.63, 3.8) is 0 Å². The van der Waals surface area contributed by atoms with Gasteiger partial charge in [0.2, 0.25) is 0 Å². The van der Waals surface area contributed by atoms with E-state index in [2.05, 4.69) is 39.9 Å². The van der Waals surface area contributed by atoms with Crippen molar-refractivity contribution in [2.75, 3.05) is 6.54 Å². The maximum Gasteiger partial charge on any atom is 0.0595 e. The van der Waals surface area contributed by atoms with Gasteiger partial charge in [-0.05, 0) is 38.5 Å². The molecule has 0 saturated carbocycles. The second kappa shape index (κ2) is 5.17. The summed E-state index contributed by atoms with van der Waals surface area (Å²) in [5.41, 5.74) is 1.35. The molecule has 0 aliphatic carbocycles. The summed E-state index contributed by atoms with van der Waals surface area (Å²) in [5.74, 6) is 0. The van der Waals surface area contributed by atoms with E-state index in [0.717, 1.165) is 6.54 Å². The topological polar surface area (TPSA) is 12.0 Å². The first-order valence-corrected chi connectivity index (χ1v) is 6.58. The highest BCUT2D eigenvalue weighted by Crippen LogP contribution is 2.29. The van der Waals surface area contributed by atoms with E-state index in [1.807, 2.05) is 18.2 Å². The van der Waals surface area contributed by atoms with E-state index in [4.69, 9.17) is 23.2 Å². The average molecular weight is 274 g/mol. The third kappa shape index (κ3) is 4.50. The van der Waals surface area contributed by atoms with Crippen LogP contribution < -0.4 is 5.32 Å². The monoisotopic (exact) mass is 273 g/mol. The third-order valence-corrected chi connectivity index (χ3v) is 3.50. The molecule has 0 bridgehead atoms. The maximum absolute atomic E-state index is 6.06. The number of nitrogens with one attached hydrogen (secondary N) is 1. The van der Waals surface area contributed by atoms with Crippen molar-refractivity contribution in [1.29, 1.82) is 0 Å². The molecule has 0 heterocycles. The summed E-state index contributed by atoms with van der Waals surface area (Å²) >= 11 is 12.0. The molecule has 1 aromatic carbocycles. The van der Waals surface area contributed by atoms with Gasteiger partial charge in [0.1, 0.15) is 0 Å². The molecular weight excluding hydrogens is 253 g/mol. The van der Waals surface area contributed by atoms with Crippen LogP contribution in [0.25, 0.3) is 0 Å². The van der Waals surface area contributed by atoms with E-state index in [0.29, 0.717) is 10.0 Å². The van der Waals surface area contributed by atoms with Gasteiger partial charge in [0.05, 0.1) is 10.0 Å². The molecule has 0 amide bonds. The predicted molar refractivity (Wildman–Crippen MR) is 77.2 cm³/mol. The van der Waals surface area contributed by atoms with E-state index in [9.17, 15) is 0 Å². The lowest BCUT2D eigenvalue weighted by atomic mass is 9.84. The molecule has 1 N–H and O–H groups in total. The van der Waals surface area contributed by atoms with Gasteiger partial charge in [-0.25, -0.2) is 0 Å². The van der Waals surface area contributed by atoms with Crippen LogP contribution in [0.3, 0.4) is 0 Å². The van der Waals surface area contributed by atoms with Crippen LogP contribution in [0.2, 0.25) is 10.0 Å². The molecule has 0 aliphatic heterocycles. The standard InChI is InChI=1S/C14H21Cl2N/c1-13(2,3)17-9-14(4,5)10-6-7-11(15)12(16)8-10/h6-8,17H,9H2,1-5H3. The Morgan fingerprint density at radius 2 is 1.59 bits per heavy atom.